The molecular weight excluding hydrogens is 464 g/mol. The number of aliphatic carboxylic acids is 1. The van der Waals surface area contributed by atoms with Gasteiger partial charge in [-0.25, -0.2) is 13.2 Å². The number of fused-ring (bicyclic) bond motifs is 1. The number of benzene rings is 2. The monoisotopic (exact) mass is 496 g/mol. The third kappa shape index (κ3) is 6.23. The minimum absolute atomic E-state index is 0.00659. The fraction of sp³-hybridized carbons (Fsp3) is 0.407. The number of carboxylic acids is 1. The lowest BCUT2D eigenvalue weighted by atomic mass is 9.79. The Kier molecular flexibility index (Phi) is 8.57. The smallest absolute Gasteiger partial charge is 0.331 e. The van der Waals surface area contributed by atoms with Gasteiger partial charge in [-0.2, -0.15) is 5.26 Å². The van der Waals surface area contributed by atoms with Crippen LogP contribution in [0.2, 0.25) is 0 Å². The van der Waals surface area contributed by atoms with Crippen LogP contribution in [0.5, 0.6) is 5.75 Å². The lowest BCUT2D eigenvalue weighted by Crippen LogP contribution is -2.38. The van der Waals surface area contributed by atoms with Crippen molar-refractivity contribution in [3.8, 4) is 11.8 Å². The second-order valence-corrected chi connectivity index (χ2v) is 11.0. The van der Waals surface area contributed by atoms with Gasteiger partial charge in [0.15, 0.2) is 9.84 Å². The highest BCUT2D eigenvalue weighted by Crippen LogP contribution is 2.46. The Morgan fingerprint density at radius 3 is 2.40 bits per heavy atom. The molecule has 2 aromatic carbocycles. The van der Waals surface area contributed by atoms with Gasteiger partial charge in [0, 0.05) is 23.7 Å². The fourth-order valence-electron chi connectivity index (χ4n) is 4.68. The average Bonchev–Trinajstić information content (AvgIpc) is 2.93. The molecule has 3 rings (SSSR count). The van der Waals surface area contributed by atoms with Crippen LogP contribution in [-0.4, -0.2) is 31.8 Å². The molecule has 1 heterocycles. The molecule has 0 aliphatic carbocycles. The van der Waals surface area contributed by atoms with Crippen molar-refractivity contribution in [2.24, 2.45) is 5.41 Å². The zero-order valence-electron chi connectivity index (χ0n) is 20.2. The number of anilines is 2. The van der Waals surface area contributed by atoms with Crippen molar-refractivity contribution in [3.63, 3.8) is 0 Å². The van der Waals surface area contributed by atoms with Crippen LogP contribution >= 0.6 is 0 Å². The number of nitrogens with zero attached hydrogens (tertiary/aromatic N) is 2. The molecule has 0 fully saturated rings. The van der Waals surface area contributed by atoms with Gasteiger partial charge in [-0.05, 0) is 31.0 Å². The Bertz CT molecular complexity index is 1210. The van der Waals surface area contributed by atoms with Gasteiger partial charge in [-0.3, -0.25) is 0 Å². The minimum atomic E-state index is -3.75. The zero-order chi connectivity index (χ0) is 25.5. The molecule has 0 unspecified atom stereocenters. The molecular formula is C27H32N2O5S. The normalized spacial score (nSPS) is 16.3. The maximum atomic E-state index is 13.9. The van der Waals surface area contributed by atoms with Crippen LogP contribution < -0.4 is 9.64 Å². The predicted octanol–water partition coefficient (Wildman–Crippen LogP) is 5.83. The van der Waals surface area contributed by atoms with Crippen LogP contribution in [0.1, 0.15) is 57.9 Å². The second kappa shape index (κ2) is 11.4. The molecule has 0 spiro atoms. The topological polar surface area (TPSA) is 108 Å². The standard InChI is InChI=1S/C27H32N2O5S/c1-3-5-13-27(14-6-4-2)19-29(22-10-8-7-9-11-22)23-16-21(18-28)24(34-15-12-26(30)31)17-25(23)35(32,33)20-27/h7-12,15-17H,3-6,13-14,19-20H2,1-2H3,(H,30,31)/b15-12+. The van der Waals surface area contributed by atoms with Crippen LogP contribution in [0.15, 0.2) is 59.7 Å². The Labute approximate surface area is 207 Å². The first-order chi connectivity index (χ1) is 16.7. The highest BCUT2D eigenvalue weighted by molar-refractivity contribution is 7.91. The minimum Gasteiger partial charge on any atom is -0.478 e. The summed E-state index contributed by atoms with van der Waals surface area (Å²) < 4.78 is 33.1. The van der Waals surface area contributed by atoms with Crippen molar-refractivity contribution >= 4 is 27.2 Å². The summed E-state index contributed by atoms with van der Waals surface area (Å²) in [7, 11) is -3.75. The molecule has 0 saturated heterocycles. The van der Waals surface area contributed by atoms with E-state index in [9.17, 15) is 18.5 Å². The number of unbranched alkanes of at least 4 members (excludes halogenated alkanes) is 2. The third-order valence-corrected chi connectivity index (χ3v) is 8.38. The van der Waals surface area contributed by atoms with E-state index >= 15 is 0 Å². The van der Waals surface area contributed by atoms with E-state index in [1.807, 2.05) is 35.2 Å². The van der Waals surface area contributed by atoms with Crippen molar-refractivity contribution in [1.82, 2.24) is 0 Å². The van der Waals surface area contributed by atoms with Crippen molar-refractivity contribution in [3.05, 3.63) is 60.4 Å². The molecule has 1 aliphatic rings. The first-order valence-electron chi connectivity index (χ1n) is 11.9. The Morgan fingerprint density at radius 2 is 1.83 bits per heavy atom. The van der Waals surface area contributed by atoms with Crippen LogP contribution in [0.3, 0.4) is 0 Å². The van der Waals surface area contributed by atoms with Crippen molar-refractivity contribution in [2.75, 3.05) is 17.2 Å². The maximum Gasteiger partial charge on any atom is 0.331 e. The first-order valence-corrected chi connectivity index (χ1v) is 13.6. The fourth-order valence-corrected chi connectivity index (χ4v) is 6.79. The Morgan fingerprint density at radius 1 is 1.17 bits per heavy atom. The van der Waals surface area contributed by atoms with E-state index in [0.717, 1.165) is 56.6 Å². The van der Waals surface area contributed by atoms with E-state index in [1.165, 1.54) is 6.07 Å². The van der Waals surface area contributed by atoms with Gasteiger partial charge in [0.05, 0.1) is 34.2 Å². The van der Waals surface area contributed by atoms with Gasteiger partial charge in [-0.15, -0.1) is 0 Å². The van der Waals surface area contributed by atoms with Crippen LogP contribution in [-0.2, 0) is 14.6 Å². The Hall–Kier alpha value is -3.31. The summed E-state index contributed by atoms with van der Waals surface area (Å²) >= 11 is 0. The van der Waals surface area contributed by atoms with Gasteiger partial charge in [0.1, 0.15) is 11.8 Å². The molecule has 186 valence electrons. The molecule has 1 aliphatic heterocycles. The zero-order valence-corrected chi connectivity index (χ0v) is 21.1. The van der Waals surface area contributed by atoms with E-state index in [0.29, 0.717) is 12.2 Å². The number of sulfone groups is 1. The number of hydrogen-bond acceptors (Lipinski definition) is 6. The summed E-state index contributed by atoms with van der Waals surface area (Å²) in [6.45, 7) is 4.74. The van der Waals surface area contributed by atoms with Gasteiger partial charge >= 0.3 is 5.97 Å². The van der Waals surface area contributed by atoms with Crippen molar-refractivity contribution in [2.45, 2.75) is 57.3 Å². The van der Waals surface area contributed by atoms with Gasteiger partial charge < -0.3 is 14.7 Å². The van der Waals surface area contributed by atoms with Gasteiger partial charge in [0.2, 0.25) is 0 Å². The lowest BCUT2D eigenvalue weighted by Gasteiger charge is -2.37. The molecule has 0 saturated carbocycles. The van der Waals surface area contributed by atoms with Gasteiger partial charge in [-0.1, -0.05) is 57.7 Å². The summed E-state index contributed by atoms with van der Waals surface area (Å²) in [5.74, 6) is -1.19. The summed E-state index contributed by atoms with van der Waals surface area (Å²) in [6.07, 6.45) is 7.10. The second-order valence-electron chi connectivity index (χ2n) is 9.07. The predicted molar refractivity (Wildman–Crippen MR) is 136 cm³/mol. The largest absolute Gasteiger partial charge is 0.478 e. The van der Waals surface area contributed by atoms with Crippen LogP contribution in [0.25, 0.3) is 0 Å². The molecule has 1 N–H and O–H groups in total. The van der Waals surface area contributed by atoms with Crippen LogP contribution in [0, 0.1) is 16.7 Å². The molecule has 0 bridgehead atoms. The number of carboxylic acid groups (broad SMARTS) is 1. The van der Waals surface area contributed by atoms with Crippen molar-refractivity contribution < 1.29 is 23.1 Å². The van der Waals surface area contributed by atoms with E-state index in [2.05, 4.69) is 19.9 Å². The maximum absolute atomic E-state index is 13.9. The van der Waals surface area contributed by atoms with Gasteiger partial charge in [0.25, 0.3) is 0 Å². The van der Waals surface area contributed by atoms with Crippen molar-refractivity contribution in [1.29, 1.82) is 5.26 Å². The Balaban J connectivity index is 2.24. The van der Waals surface area contributed by atoms with E-state index in [1.54, 1.807) is 6.07 Å². The average molecular weight is 497 g/mol. The molecule has 0 aromatic heterocycles. The molecule has 0 radical (unpaired) electrons. The van der Waals surface area contributed by atoms with Crippen LogP contribution in [0.4, 0.5) is 11.4 Å². The number of rotatable bonds is 10. The SMILES string of the molecule is CCCCC1(CCCC)CN(c2ccccc2)c2cc(C#N)c(O/C=C/C(=O)O)cc2S(=O)(=O)C1. The molecule has 8 heteroatoms. The highest BCUT2D eigenvalue weighted by Gasteiger charge is 2.42. The molecule has 0 amide bonds. The molecule has 35 heavy (non-hydrogen) atoms. The van der Waals surface area contributed by atoms with E-state index in [4.69, 9.17) is 9.84 Å². The molecule has 7 nitrogen and oxygen atoms in total. The number of carbonyl (C=O) groups is 1. The summed E-state index contributed by atoms with van der Waals surface area (Å²) in [4.78, 5) is 12.9. The third-order valence-electron chi connectivity index (χ3n) is 6.39. The number of para-hydroxylation sites is 1. The van der Waals surface area contributed by atoms with E-state index < -0.39 is 21.2 Å². The van der Waals surface area contributed by atoms with E-state index in [-0.39, 0.29) is 22.0 Å². The first kappa shape index (κ1) is 26.3. The summed E-state index contributed by atoms with van der Waals surface area (Å²) in [6, 6.07) is 14.6. The summed E-state index contributed by atoms with van der Waals surface area (Å²) in [5.41, 5.74) is 0.977. The molecule has 2 aromatic rings. The molecule has 0 atom stereocenters. The quantitative estimate of drug-likeness (QED) is 0.326. The lowest BCUT2D eigenvalue weighted by molar-refractivity contribution is -0.131. The summed E-state index contributed by atoms with van der Waals surface area (Å²) in [5, 5.41) is 18.6. The number of ether oxygens (including phenoxy) is 1. The highest BCUT2D eigenvalue weighted by atomic mass is 32.2. The number of hydrogen-bond donors (Lipinski definition) is 1. The number of nitriles is 1.